The van der Waals surface area contributed by atoms with Gasteiger partial charge < -0.3 is 9.47 Å². The molecule has 1 unspecified atom stereocenters. The molecule has 0 spiro atoms. The number of fused-ring (bicyclic) bond motifs is 1. The lowest BCUT2D eigenvalue weighted by atomic mass is 9.86. The van der Waals surface area contributed by atoms with Crippen molar-refractivity contribution < 1.29 is 9.47 Å². The molecule has 130 valence electrons. The van der Waals surface area contributed by atoms with Crippen LogP contribution in [0.5, 0.6) is 11.5 Å². The van der Waals surface area contributed by atoms with Gasteiger partial charge in [0.2, 0.25) is 0 Å². The van der Waals surface area contributed by atoms with Crippen LogP contribution in [0.2, 0.25) is 0 Å². The number of ether oxygens (including phenoxy) is 2. The van der Waals surface area contributed by atoms with Crippen molar-refractivity contribution in [3.63, 3.8) is 0 Å². The Bertz CT molecular complexity index is 959. The number of hydrogen-bond donors (Lipinski definition) is 0. The van der Waals surface area contributed by atoms with E-state index < -0.39 is 0 Å². The van der Waals surface area contributed by atoms with Crippen molar-refractivity contribution in [2.24, 2.45) is 0 Å². The minimum Gasteiger partial charge on any atom is -0.497 e. The van der Waals surface area contributed by atoms with E-state index in [4.69, 9.17) is 9.47 Å². The smallest absolute Gasteiger partial charge is 0.150 e. The summed E-state index contributed by atoms with van der Waals surface area (Å²) in [5.41, 5.74) is 5.85. The first-order valence-electron chi connectivity index (χ1n) is 8.54. The number of hydrogen-bond acceptors (Lipinski definition) is 2. The van der Waals surface area contributed by atoms with Crippen LogP contribution in [0.15, 0.2) is 72.8 Å². The highest BCUT2D eigenvalue weighted by atomic mass is 127. The summed E-state index contributed by atoms with van der Waals surface area (Å²) in [6.07, 6.45) is -0.129. The zero-order valence-corrected chi connectivity index (χ0v) is 16.9. The molecule has 0 N–H and O–H groups in total. The third-order valence-electron chi connectivity index (χ3n) is 4.76. The molecule has 26 heavy (non-hydrogen) atoms. The molecule has 1 aliphatic rings. The van der Waals surface area contributed by atoms with Gasteiger partial charge in [-0.25, -0.2) is 0 Å². The van der Waals surface area contributed by atoms with Crippen LogP contribution in [0, 0.1) is 3.57 Å². The predicted molar refractivity (Wildman–Crippen MR) is 114 cm³/mol. The molecular weight excluding hydrogens is 435 g/mol. The van der Waals surface area contributed by atoms with E-state index in [1.165, 1.54) is 20.3 Å². The van der Waals surface area contributed by atoms with Crippen LogP contribution in [-0.2, 0) is 0 Å². The Morgan fingerprint density at radius 3 is 2.35 bits per heavy atom. The molecular formula is C23H19IO2. The zero-order chi connectivity index (χ0) is 18.1. The van der Waals surface area contributed by atoms with Crippen molar-refractivity contribution in [2.75, 3.05) is 7.11 Å². The van der Waals surface area contributed by atoms with Gasteiger partial charge in [0.05, 0.1) is 7.11 Å². The van der Waals surface area contributed by atoms with Gasteiger partial charge in [0.1, 0.15) is 17.6 Å². The van der Waals surface area contributed by atoms with Crippen LogP contribution in [0.4, 0.5) is 0 Å². The Labute approximate surface area is 167 Å². The summed E-state index contributed by atoms with van der Waals surface area (Å²) >= 11 is 2.33. The molecule has 4 rings (SSSR count). The van der Waals surface area contributed by atoms with Crippen molar-refractivity contribution in [3.8, 4) is 11.5 Å². The van der Waals surface area contributed by atoms with Crippen LogP contribution >= 0.6 is 22.6 Å². The molecule has 0 amide bonds. The lowest BCUT2D eigenvalue weighted by molar-refractivity contribution is 0.259. The van der Waals surface area contributed by atoms with Gasteiger partial charge in [-0.1, -0.05) is 42.5 Å². The molecule has 0 saturated heterocycles. The van der Waals surface area contributed by atoms with Gasteiger partial charge in [0, 0.05) is 14.7 Å². The van der Waals surface area contributed by atoms with Gasteiger partial charge in [-0.3, -0.25) is 0 Å². The molecule has 0 bridgehead atoms. The minimum absolute atomic E-state index is 0.129. The number of rotatable bonds is 3. The maximum Gasteiger partial charge on any atom is 0.150 e. The molecule has 3 aromatic rings. The molecule has 0 aliphatic carbocycles. The molecule has 3 aromatic carbocycles. The van der Waals surface area contributed by atoms with Gasteiger partial charge in [-0.05, 0) is 76.5 Å². The number of methoxy groups -OCH3 is 1. The van der Waals surface area contributed by atoms with E-state index in [0.717, 1.165) is 22.6 Å². The highest BCUT2D eigenvalue weighted by Gasteiger charge is 2.29. The summed E-state index contributed by atoms with van der Waals surface area (Å²) in [4.78, 5) is 0. The van der Waals surface area contributed by atoms with Gasteiger partial charge in [0.25, 0.3) is 0 Å². The first-order valence-corrected chi connectivity index (χ1v) is 9.62. The Hall–Kier alpha value is -2.27. The van der Waals surface area contributed by atoms with Crippen LogP contribution < -0.4 is 9.47 Å². The first-order chi connectivity index (χ1) is 12.7. The lowest BCUT2D eigenvalue weighted by Gasteiger charge is -2.31. The Morgan fingerprint density at radius 1 is 0.923 bits per heavy atom. The monoisotopic (exact) mass is 454 g/mol. The second-order valence-electron chi connectivity index (χ2n) is 6.32. The van der Waals surface area contributed by atoms with Crippen molar-refractivity contribution in [1.82, 2.24) is 0 Å². The van der Waals surface area contributed by atoms with Gasteiger partial charge >= 0.3 is 0 Å². The highest BCUT2D eigenvalue weighted by Crippen LogP contribution is 2.47. The molecule has 0 radical (unpaired) electrons. The third-order valence-corrected chi connectivity index (χ3v) is 5.48. The maximum atomic E-state index is 6.48. The SMILES string of the molecule is COc1ccc2c(c1)C(C)=C(c1ccccc1)C(c1ccc(I)cc1)O2. The van der Waals surface area contributed by atoms with E-state index in [2.05, 4.69) is 84.1 Å². The topological polar surface area (TPSA) is 18.5 Å². The molecule has 0 fully saturated rings. The van der Waals surface area contributed by atoms with Crippen molar-refractivity contribution in [3.05, 3.63) is 93.1 Å². The molecule has 2 nitrogen and oxygen atoms in total. The second kappa shape index (κ2) is 7.16. The minimum atomic E-state index is -0.129. The van der Waals surface area contributed by atoms with E-state index in [1.54, 1.807) is 7.11 Å². The average Bonchev–Trinajstić information content (AvgIpc) is 2.69. The summed E-state index contributed by atoms with van der Waals surface area (Å²) in [7, 11) is 1.69. The summed E-state index contributed by atoms with van der Waals surface area (Å²) in [5.74, 6) is 1.73. The van der Waals surface area contributed by atoms with Gasteiger partial charge in [-0.2, -0.15) is 0 Å². The summed E-state index contributed by atoms with van der Waals surface area (Å²) in [5, 5.41) is 0. The Balaban J connectivity index is 1.92. The van der Waals surface area contributed by atoms with Crippen LogP contribution in [0.1, 0.15) is 29.7 Å². The average molecular weight is 454 g/mol. The fourth-order valence-corrected chi connectivity index (χ4v) is 3.78. The summed E-state index contributed by atoms with van der Waals surface area (Å²) < 4.78 is 13.1. The number of allylic oxidation sites excluding steroid dienone is 1. The van der Waals surface area contributed by atoms with E-state index in [1.807, 2.05) is 18.2 Å². The molecule has 3 heteroatoms. The zero-order valence-electron chi connectivity index (χ0n) is 14.7. The maximum absolute atomic E-state index is 6.48. The standard InChI is InChI=1S/C23H19IO2/c1-15-20-14-19(25-2)12-13-21(20)26-23(17-8-10-18(24)11-9-17)22(15)16-6-4-3-5-7-16/h3-14,23H,1-2H3. The van der Waals surface area contributed by atoms with Crippen LogP contribution in [0.3, 0.4) is 0 Å². The normalized spacial score (nSPS) is 16.0. The molecule has 0 aromatic heterocycles. The van der Waals surface area contributed by atoms with E-state index in [9.17, 15) is 0 Å². The van der Waals surface area contributed by atoms with E-state index >= 15 is 0 Å². The van der Waals surface area contributed by atoms with Gasteiger partial charge in [-0.15, -0.1) is 0 Å². The fraction of sp³-hybridized carbons (Fsp3) is 0.130. The van der Waals surface area contributed by atoms with E-state index in [0.29, 0.717) is 0 Å². The quantitative estimate of drug-likeness (QED) is 0.429. The largest absolute Gasteiger partial charge is 0.497 e. The van der Waals surface area contributed by atoms with Crippen LogP contribution in [0.25, 0.3) is 11.1 Å². The lowest BCUT2D eigenvalue weighted by Crippen LogP contribution is -2.16. The highest BCUT2D eigenvalue weighted by molar-refractivity contribution is 14.1. The van der Waals surface area contributed by atoms with Crippen molar-refractivity contribution in [1.29, 1.82) is 0 Å². The Kier molecular flexibility index (Phi) is 4.72. The molecule has 0 saturated carbocycles. The molecule has 1 atom stereocenters. The van der Waals surface area contributed by atoms with Crippen molar-refractivity contribution in [2.45, 2.75) is 13.0 Å². The van der Waals surface area contributed by atoms with Crippen LogP contribution in [-0.4, -0.2) is 7.11 Å². The first kappa shape index (κ1) is 17.2. The fourth-order valence-electron chi connectivity index (χ4n) is 3.42. The second-order valence-corrected chi connectivity index (χ2v) is 7.56. The molecule has 1 heterocycles. The Morgan fingerprint density at radius 2 is 1.65 bits per heavy atom. The third kappa shape index (κ3) is 3.12. The van der Waals surface area contributed by atoms with Gasteiger partial charge in [0.15, 0.2) is 0 Å². The number of halogens is 1. The van der Waals surface area contributed by atoms with Crippen molar-refractivity contribution >= 4 is 33.7 Å². The summed E-state index contributed by atoms with van der Waals surface area (Å²) in [6, 6.07) is 25.0. The summed E-state index contributed by atoms with van der Waals surface area (Å²) in [6.45, 7) is 2.17. The number of benzene rings is 3. The van der Waals surface area contributed by atoms with E-state index in [-0.39, 0.29) is 6.10 Å². The predicted octanol–water partition coefficient (Wildman–Crippen LogP) is 6.36. The molecule has 1 aliphatic heterocycles.